The Morgan fingerprint density at radius 3 is 2.89 bits per heavy atom. The smallest absolute Gasteiger partial charge is 0.137 e. The van der Waals surface area contributed by atoms with Crippen molar-refractivity contribution < 1.29 is 0 Å². The molecule has 0 bridgehead atoms. The molecule has 3 rings (SSSR count). The molecule has 2 N–H and O–H groups in total. The average Bonchev–Trinajstić information content (AvgIpc) is 2.80. The van der Waals surface area contributed by atoms with Crippen molar-refractivity contribution in [3.63, 3.8) is 0 Å². The van der Waals surface area contributed by atoms with E-state index in [1.165, 1.54) is 0 Å². The second-order valence-electron chi connectivity index (χ2n) is 4.12. The Hall–Kier alpha value is -2.20. The van der Waals surface area contributed by atoms with Crippen molar-refractivity contribution >= 4 is 5.65 Å². The van der Waals surface area contributed by atoms with E-state index in [9.17, 15) is 0 Å². The average molecular weight is 238 g/mol. The minimum atomic E-state index is 0.607. The minimum Gasteiger partial charge on any atom is -0.330 e. The van der Waals surface area contributed by atoms with Crippen LogP contribution >= 0.6 is 0 Å². The Morgan fingerprint density at radius 2 is 2.11 bits per heavy atom. The molecule has 4 heteroatoms. The maximum atomic E-state index is 5.70. The van der Waals surface area contributed by atoms with Gasteiger partial charge in [0.2, 0.25) is 0 Å². The van der Waals surface area contributed by atoms with Gasteiger partial charge < -0.3 is 10.1 Å². The fourth-order valence-corrected chi connectivity index (χ4v) is 2.16. The van der Waals surface area contributed by atoms with Crippen LogP contribution in [0.3, 0.4) is 0 Å². The molecule has 0 spiro atoms. The molecule has 0 amide bonds. The Kier molecular flexibility index (Phi) is 2.78. The van der Waals surface area contributed by atoms with Gasteiger partial charge in [-0.1, -0.05) is 6.07 Å². The van der Waals surface area contributed by atoms with Gasteiger partial charge in [-0.3, -0.25) is 4.98 Å². The number of aromatic nitrogens is 3. The third kappa shape index (κ3) is 1.76. The summed E-state index contributed by atoms with van der Waals surface area (Å²) < 4.78 is 2.09. The molecule has 18 heavy (non-hydrogen) atoms. The molecule has 0 saturated carbocycles. The van der Waals surface area contributed by atoms with Gasteiger partial charge in [0, 0.05) is 30.6 Å². The predicted octanol–water partition coefficient (Wildman–Crippen LogP) is 1.90. The highest BCUT2D eigenvalue weighted by Crippen LogP contribution is 2.23. The van der Waals surface area contributed by atoms with Gasteiger partial charge in [0.1, 0.15) is 5.65 Å². The van der Waals surface area contributed by atoms with Crippen LogP contribution in [-0.4, -0.2) is 20.9 Å². The summed E-state index contributed by atoms with van der Waals surface area (Å²) in [5.74, 6) is 0. The van der Waals surface area contributed by atoms with Gasteiger partial charge in [0.05, 0.1) is 11.4 Å². The van der Waals surface area contributed by atoms with Crippen molar-refractivity contribution in [2.45, 2.75) is 6.42 Å². The van der Waals surface area contributed by atoms with E-state index in [2.05, 4.69) is 14.4 Å². The zero-order valence-electron chi connectivity index (χ0n) is 9.95. The fraction of sp³-hybridized carbons (Fsp3) is 0.143. The normalized spacial score (nSPS) is 10.9. The van der Waals surface area contributed by atoms with Crippen LogP contribution in [-0.2, 0) is 6.42 Å². The molecule has 0 aliphatic heterocycles. The lowest BCUT2D eigenvalue weighted by molar-refractivity contribution is 0.907. The first-order valence-corrected chi connectivity index (χ1v) is 5.96. The third-order valence-electron chi connectivity index (χ3n) is 2.94. The number of pyridine rings is 2. The third-order valence-corrected chi connectivity index (χ3v) is 2.94. The first kappa shape index (κ1) is 10.9. The maximum Gasteiger partial charge on any atom is 0.137 e. The lowest BCUT2D eigenvalue weighted by Crippen LogP contribution is -2.06. The van der Waals surface area contributed by atoms with E-state index in [1.807, 2.05) is 42.7 Å². The number of nitrogens with zero attached hydrogens (tertiary/aromatic N) is 3. The Bertz CT molecular complexity index is 658. The number of hydrogen-bond acceptors (Lipinski definition) is 3. The van der Waals surface area contributed by atoms with E-state index in [4.69, 9.17) is 5.73 Å². The number of imidazole rings is 1. The predicted molar refractivity (Wildman–Crippen MR) is 71.2 cm³/mol. The molecular formula is C14H14N4. The first-order valence-electron chi connectivity index (χ1n) is 5.96. The van der Waals surface area contributed by atoms with E-state index < -0.39 is 0 Å². The number of fused-ring (bicyclic) bond motifs is 1. The van der Waals surface area contributed by atoms with Crippen molar-refractivity contribution in [1.82, 2.24) is 14.4 Å². The Morgan fingerprint density at radius 1 is 1.17 bits per heavy atom. The summed E-state index contributed by atoms with van der Waals surface area (Å²) in [5.41, 5.74) is 9.79. The molecule has 0 aliphatic carbocycles. The van der Waals surface area contributed by atoms with Crippen molar-refractivity contribution in [2.24, 2.45) is 5.73 Å². The van der Waals surface area contributed by atoms with Gasteiger partial charge in [-0.25, -0.2) is 4.98 Å². The summed E-state index contributed by atoms with van der Waals surface area (Å²) in [5, 5.41) is 0. The van der Waals surface area contributed by atoms with Gasteiger partial charge in [0.15, 0.2) is 0 Å². The molecule has 0 radical (unpaired) electrons. The topological polar surface area (TPSA) is 56.2 Å². The van der Waals surface area contributed by atoms with Crippen LogP contribution in [0.4, 0.5) is 0 Å². The van der Waals surface area contributed by atoms with Crippen LogP contribution in [0.25, 0.3) is 16.9 Å². The van der Waals surface area contributed by atoms with Crippen LogP contribution in [0.2, 0.25) is 0 Å². The molecule has 0 unspecified atom stereocenters. The fourth-order valence-electron chi connectivity index (χ4n) is 2.16. The standard InChI is InChI=1S/C14H14N4/c15-7-6-12-14(11-4-3-8-16-10-11)17-13-5-1-2-9-18(12)13/h1-5,8-10H,6-7,15H2. The molecule has 90 valence electrons. The zero-order chi connectivity index (χ0) is 12.4. The van der Waals surface area contributed by atoms with Crippen LogP contribution in [0.15, 0.2) is 48.9 Å². The Labute approximate surface area is 105 Å². The van der Waals surface area contributed by atoms with Gasteiger partial charge in [-0.05, 0) is 30.8 Å². The first-order chi connectivity index (χ1) is 8.90. The molecular weight excluding hydrogens is 224 g/mol. The second-order valence-corrected chi connectivity index (χ2v) is 4.12. The SMILES string of the molecule is NCCc1c(-c2cccnc2)nc2ccccn12. The van der Waals surface area contributed by atoms with Gasteiger partial charge >= 0.3 is 0 Å². The van der Waals surface area contributed by atoms with Crippen LogP contribution in [0, 0.1) is 0 Å². The van der Waals surface area contributed by atoms with Gasteiger partial charge in [0.25, 0.3) is 0 Å². The zero-order valence-corrected chi connectivity index (χ0v) is 9.95. The van der Waals surface area contributed by atoms with E-state index in [0.717, 1.165) is 29.0 Å². The van der Waals surface area contributed by atoms with E-state index >= 15 is 0 Å². The minimum absolute atomic E-state index is 0.607. The summed E-state index contributed by atoms with van der Waals surface area (Å²) >= 11 is 0. The lowest BCUT2D eigenvalue weighted by atomic mass is 10.1. The second kappa shape index (κ2) is 4.58. The van der Waals surface area contributed by atoms with Crippen LogP contribution in [0.5, 0.6) is 0 Å². The lowest BCUT2D eigenvalue weighted by Gasteiger charge is -2.03. The van der Waals surface area contributed by atoms with Gasteiger partial charge in [-0.2, -0.15) is 0 Å². The molecule has 3 aromatic heterocycles. The summed E-state index contributed by atoms with van der Waals surface area (Å²) in [6.45, 7) is 0.607. The van der Waals surface area contributed by atoms with Crippen molar-refractivity contribution in [3.05, 3.63) is 54.6 Å². The van der Waals surface area contributed by atoms with Gasteiger partial charge in [-0.15, -0.1) is 0 Å². The molecule has 0 saturated heterocycles. The molecule has 3 heterocycles. The number of rotatable bonds is 3. The molecule has 0 fully saturated rings. The van der Waals surface area contributed by atoms with E-state index in [-0.39, 0.29) is 0 Å². The van der Waals surface area contributed by atoms with Crippen LogP contribution in [0.1, 0.15) is 5.69 Å². The molecule has 0 aromatic carbocycles. The molecule has 0 atom stereocenters. The summed E-state index contributed by atoms with van der Waals surface area (Å²) in [6, 6.07) is 9.93. The monoisotopic (exact) mass is 238 g/mol. The number of hydrogen-bond donors (Lipinski definition) is 1. The van der Waals surface area contributed by atoms with Crippen molar-refractivity contribution in [3.8, 4) is 11.3 Å². The summed E-state index contributed by atoms with van der Waals surface area (Å²) in [7, 11) is 0. The number of nitrogens with two attached hydrogens (primary N) is 1. The highest BCUT2D eigenvalue weighted by molar-refractivity contribution is 5.65. The maximum absolute atomic E-state index is 5.70. The molecule has 0 aliphatic rings. The quantitative estimate of drug-likeness (QED) is 0.758. The summed E-state index contributed by atoms with van der Waals surface area (Å²) in [6.07, 6.45) is 6.42. The van der Waals surface area contributed by atoms with Crippen molar-refractivity contribution in [1.29, 1.82) is 0 Å². The van der Waals surface area contributed by atoms with E-state index in [0.29, 0.717) is 6.54 Å². The van der Waals surface area contributed by atoms with E-state index in [1.54, 1.807) is 6.20 Å². The largest absolute Gasteiger partial charge is 0.330 e. The highest BCUT2D eigenvalue weighted by atomic mass is 15.0. The van der Waals surface area contributed by atoms with Crippen molar-refractivity contribution in [2.75, 3.05) is 6.54 Å². The molecule has 3 aromatic rings. The van der Waals surface area contributed by atoms with Crippen LogP contribution < -0.4 is 5.73 Å². The molecule has 4 nitrogen and oxygen atoms in total. The highest BCUT2D eigenvalue weighted by Gasteiger charge is 2.12. The Balaban J connectivity index is 2.25. The summed E-state index contributed by atoms with van der Waals surface area (Å²) in [4.78, 5) is 8.82.